The molecular weight excluding hydrogens is 238 g/mol. The molecule has 3 heteroatoms. The van der Waals surface area contributed by atoms with Crippen LogP contribution in [0.3, 0.4) is 0 Å². The molecule has 0 aliphatic rings. The molecule has 0 radical (unpaired) electrons. The summed E-state index contributed by atoms with van der Waals surface area (Å²) in [5.74, 6) is -0.0615. The van der Waals surface area contributed by atoms with Crippen molar-refractivity contribution in [3.8, 4) is 0 Å². The summed E-state index contributed by atoms with van der Waals surface area (Å²) in [5.41, 5.74) is 0. The number of benzene rings is 2. The van der Waals surface area contributed by atoms with E-state index in [1.54, 1.807) is 0 Å². The van der Waals surface area contributed by atoms with Gasteiger partial charge in [0.05, 0.1) is 0 Å². The molecule has 0 unspecified atom stereocenters. The number of alkyl halides is 2. The van der Waals surface area contributed by atoms with Gasteiger partial charge in [-0.05, 0) is 34.7 Å². The van der Waals surface area contributed by atoms with E-state index in [0.29, 0.717) is 0 Å². The predicted octanol–water partition coefficient (Wildman–Crippen LogP) is 5.01. The Morgan fingerprint density at radius 1 is 0.824 bits per heavy atom. The summed E-state index contributed by atoms with van der Waals surface area (Å²) in [5, 5.41) is 2.24. The molecule has 1 aromatic heterocycles. The summed E-state index contributed by atoms with van der Waals surface area (Å²) < 4.78 is 27.5. The average Bonchev–Trinajstić information content (AvgIpc) is 2.65. The van der Waals surface area contributed by atoms with Gasteiger partial charge in [0.1, 0.15) is 0 Å². The second-order valence-electron chi connectivity index (χ2n) is 3.94. The Morgan fingerprint density at radius 3 is 1.76 bits per heavy atom. The number of rotatable bonds is 2. The lowest BCUT2D eigenvalue weighted by molar-refractivity contribution is 0.161. The molecule has 0 bridgehead atoms. The smallest absolute Gasteiger partial charge is 0.205 e. The molecule has 86 valence electrons. The van der Waals surface area contributed by atoms with Crippen LogP contribution in [0.15, 0.2) is 48.5 Å². The van der Waals surface area contributed by atoms with Crippen LogP contribution in [0.2, 0.25) is 0 Å². The van der Waals surface area contributed by atoms with Gasteiger partial charge in [-0.15, -0.1) is 0 Å². The van der Waals surface area contributed by atoms with Crippen molar-refractivity contribution < 1.29 is 8.78 Å². The maximum Gasteiger partial charge on any atom is 0.286 e. The summed E-state index contributed by atoms with van der Waals surface area (Å²) in [6, 6.07) is 15.8. The van der Waals surface area contributed by atoms with E-state index in [0.717, 1.165) is 20.2 Å². The normalized spacial score (nSPS) is 11.7. The van der Waals surface area contributed by atoms with E-state index >= 15 is 0 Å². The topological polar surface area (TPSA) is 0 Å². The number of halogens is 2. The van der Waals surface area contributed by atoms with E-state index in [1.165, 1.54) is 0 Å². The molecule has 0 amide bonds. The molecular formula is C14H11F2S+. The van der Waals surface area contributed by atoms with Crippen LogP contribution in [0, 0.1) is 0 Å². The van der Waals surface area contributed by atoms with Crippen molar-refractivity contribution in [2.75, 3.05) is 0 Å². The molecule has 0 saturated carbocycles. The van der Waals surface area contributed by atoms with Crippen LogP contribution in [0.1, 0.15) is 0 Å². The Bertz CT molecular complexity index is 617. The van der Waals surface area contributed by atoms with Crippen LogP contribution >= 0.6 is 10.5 Å². The average molecular weight is 249 g/mol. The lowest BCUT2D eigenvalue weighted by atomic mass is 10.2. The minimum Gasteiger partial charge on any atom is -0.205 e. The molecule has 0 N–H and O–H groups in total. The molecule has 2 aromatic carbocycles. The van der Waals surface area contributed by atoms with Crippen molar-refractivity contribution in [2.24, 2.45) is 0 Å². The second kappa shape index (κ2) is 4.08. The highest BCUT2D eigenvalue weighted by molar-refractivity contribution is 7.42. The molecule has 0 aliphatic carbocycles. The van der Waals surface area contributed by atoms with Crippen LogP contribution in [0.4, 0.5) is 8.78 Å². The van der Waals surface area contributed by atoms with Crippen LogP contribution in [-0.4, -0.2) is 6.43 Å². The maximum atomic E-state index is 12.7. The fourth-order valence-corrected chi connectivity index (χ4v) is 4.45. The van der Waals surface area contributed by atoms with Crippen molar-refractivity contribution in [3.05, 3.63) is 48.5 Å². The fourth-order valence-electron chi connectivity index (χ4n) is 2.23. The highest BCUT2D eigenvalue weighted by atomic mass is 32.2. The molecule has 0 atom stereocenters. The third-order valence-corrected chi connectivity index (χ3v) is 5.25. The lowest BCUT2D eigenvalue weighted by Crippen LogP contribution is -1.89. The van der Waals surface area contributed by atoms with Gasteiger partial charge in [-0.2, -0.15) is 0 Å². The predicted molar refractivity (Wildman–Crippen MR) is 69.9 cm³/mol. The van der Waals surface area contributed by atoms with Crippen LogP contribution in [0.25, 0.3) is 20.2 Å². The van der Waals surface area contributed by atoms with Gasteiger partial charge in [-0.25, -0.2) is 8.78 Å². The zero-order valence-electron chi connectivity index (χ0n) is 9.07. The third kappa shape index (κ3) is 1.71. The van der Waals surface area contributed by atoms with E-state index < -0.39 is 16.9 Å². The summed E-state index contributed by atoms with van der Waals surface area (Å²) in [6.07, 6.45) is -2.25. The Morgan fingerprint density at radius 2 is 1.29 bits per heavy atom. The lowest BCUT2D eigenvalue weighted by Gasteiger charge is -1.91. The van der Waals surface area contributed by atoms with E-state index in [-0.39, 0.29) is 5.75 Å². The minimum atomic E-state index is -2.25. The van der Waals surface area contributed by atoms with E-state index in [9.17, 15) is 8.78 Å². The Hall–Kier alpha value is -1.48. The number of fused-ring (bicyclic) bond motifs is 3. The highest BCUT2D eigenvalue weighted by Gasteiger charge is 2.23. The first-order valence-electron chi connectivity index (χ1n) is 5.45. The number of thiophene rings is 1. The summed E-state index contributed by atoms with van der Waals surface area (Å²) >= 11 is 0. The van der Waals surface area contributed by atoms with Gasteiger partial charge >= 0.3 is 0 Å². The van der Waals surface area contributed by atoms with Gasteiger partial charge in [-0.1, -0.05) is 24.3 Å². The molecule has 0 nitrogen and oxygen atoms in total. The largest absolute Gasteiger partial charge is 0.286 e. The quantitative estimate of drug-likeness (QED) is 0.560. The van der Waals surface area contributed by atoms with Gasteiger partial charge in [-0.3, -0.25) is 0 Å². The van der Waals surface area contributed by atoms with E-state index in [1.807, 2.05) is 48.5 Å². The molecule has 3 rings (SSSR count). The van der Waals surface area contributed by atoms with Crippen molar-refractivity contribution >= 4 is 30.6 Å². The highest BCUT2D eigenvalue weighted by Crippen LogP contribution is 2.43. The molecule has 0 saturated heterocycles. The van der Waals surface area contributed by atoms with Crippen LogP contribution < -0.4 is 0 Å². The van der Waals surface area contributed by atoms with Gasteiger partial charge in [0, 0.05) is 10.8 Å². The van der Waals surface area contributed by atoms with Gasteiger partial charge < -0.3 is 0 Å². The van der Waals surface area contributed by atoms with Crippen molar-refractivity contribution in [3.63, 3.8) is 0 Å². The van der Waals surface area contributed by atoms with Gasteiger partial charge in [0.15, 0.2) is 15.2 Å². The molecule has 0 spiro atoms. The Labute approximate surface area is 100 Å². The van der Waals surface area contributed by atoms with Crippen LogP contribution in [0.5, 0.6) is 0 Å². The Balaban J connectivity index is 2.41. The first-order chi connectivity index (χ1) is 8.27. The SMILES string of the molecule is FC(F)C[s+]1c2ccccc2c2ccccc21. The minimum absolute atomic E-state index is 0.0615. The Kier molecular flexibility index (Phi) is 2.56. The standard InChI is InChI=1S/C14H11F2S/c15-14(16)9-17-12-7-3-1-5-10(12)11-6-2-4-8-13(11)17/h1-8,14H,9H2/q+1. The first kappa shape index (κ1) is 10.7. The van der Waals surface area contributed by atoms with Crippen molar-refractivity contribution in [2.45, 2.75) is 12.2 Å². The van der Waals surface area contributed by atoms with Crippen LogP contribution in [-0.2, 0) is 5.75 Å². The molecule has 3 aromatic rings. The van der Waals surface area contributed by atoms with E-state index in [4.69, 9.17) is 0 Å². The third-order valence-electron chi connectivity index (χ3n) is 2.89. The maximum absolute atomic E-state index is 12.7. The number of hydrogen-bond acceptors (Lipinski definition) is 0. The summed E-state index contributed by atoms with van der Waals surface area (Å²) in [7, 11) is -0.457. The van der Waals surface area contributed by atoms with Crippen molar-refractivity contribution in [1.82, 2.24) is 0 Å². The zero-order chi connectivity index (χ0) is 11.8. The van der Waals surface area contributed by atoms with Gasteiger partial charge in [0.2, 0.25) is 0 Å². The monoisotopic (exact) mass is 249 g/mol. The zero-order valence-corrected chi connectivity index (χ0v) is 9.88. The summed E-state index contributed by atoms with van der Waals surface area (Å²) in [4.78, 5) is 0. The molecule has 1 heterocycles. The fraction of sp³-hybridized carbons (Fsp3) is 0.143. The van der Waals surface area contributed by atoms with Gasteiger partial charge in [0.25, 0.3) is 6.43 Å². The summed E-state index contributed by atoms with van der Waals surface area (Å²) in [6.45, 7) is 0. The molecule has 17 heavy (non-hydrogen) atoms. The first-order valence-corrected chi connectivity index (χ1v) is 6.84. The molecule has 0 aliphatic heterocycles. The van der Waals surface area contributed by atoms with Crippen molar-refractivity contribution in [1.29, 1.82) is 0 Å². The second-order valence-corrected chi connectivity index (χ2v) is 5.94. The van der Waals surface area contributed by atoms with E-state index in [2.05, 4.69) is 0 Å². The molecule has 0 fully saturated rings. The number of hydrogen-bond donors (Lipinski definition) is 0.